The molecule has 0 nitrogen and oxygen atoms in total. The molecule has 0 atom stereocenters. The zero-order valence-electron chi connectivity index (χ0n) is 14.3. The van der Waals surface area contributed by atoms with Gasteiger partial charge in [0, 0.05) is 0 Å². The van der Waals surface area contributed by atoms with E-state index in [1.165, 1.54) is 22.1 Å². The summed E-state index contributed by atoms with van der Waals surface area (Å²) in [5, 5.41) is 4.43. The summed E-state index contributed by atoms with van der Waals surface area (Å²) in [5.74, 6) is 0.643. The Labute approximate surface area is 163 Å². The third-order valence-electron chi connectivity index (χ3n) is 4.23. The van der Waals surface area contributed by atoms with Crippen LogP contribution in [0.25, 0.3) is 0 Å². The van der Waals surface area contributed by atoms with Crippen molar-refractivity contribution in [2.75, 3.05) is 6.16 Å². The Kier molecular flexibility index (Phi) is 7.01. The molecule has 0 fully saturated rings. The number of hydrogen-bond donors (Lipinski definition) is 0. The SMILES string of the molecule is CC(C)C[P+](c1ccccc1)(c1ccccc1)c1ccccc1.I. The van der Waals surface area contributed by atoms with Crippen LogP contribution in [0, 0.1) is 5.92 Å². The minimum Gasteiger partial charge on any atom is -0.107 e. The summed E-state index contributed by atoms with van der Waals surface area (Å²) in [7, 11) is -1.61. The number of halogens is 1. The average molecular weight is 447 g/mol. The minimum absolute atomic E-state index is 0. The van der Waals surface area contributed by atoms with Gasteiger partial charge in [0.2, 0.25) is 0 Å². The summed E-state index contributed by atoms with van der Waals surface area (Å²) in [6, 6.07) is 33.3. The van der Waals surface area contributed by atoms with Gasteiger partial charge in [0.1, 0.15) is 23.2 Å². The predicted molar refractivity (Wildman–Crippen MR) is 120 cm³/mol. The van der Waals surface area contributed by atoms with E-state index in [1.807, 2.05) is 0 Å². The van der Waals surface area contributed by atoms with Gasteiger partial charge in [0.25, 0.3) is 0 Å². The highest BCUT2D eigenvalue weighted by molar-refractivity contribution is 14.0. The lowest BCUT2D eigenvalue weighted by atomic mass is 10.3. The maximum absolute atomic E-state index is 2.34. The van der Waals surface area contributed by atoms with Crippen LogP contribution in [-0.4, -0.2) is 6.16 Å². The van der Waals surface area contributed by atoms with Crippen LogP contribution in [0.15, 0.2) is 91.0 Å². The molecule has 0 radical (unpaired) electrons. The Morgan fingerprint density at radius 3 is 1.12 bits per heavy atom. The van der Waals surface area contributed by atoms with E-state index in [2.05, 4.69) is 105 Å². The van der Waals surface area contributed by atoms with Gasteiger partial charge in [0.15, 0.2) is 0 Å². The standard InChI is InChI=1S/C22H24P.HI/c1-19(2)18-23(20-12-6-3-7-13-20,21-14-8-4-9-15-21)22-16-10-5-11-17-22;/h3-17,19H,18H2,1-2H3;1H/q+1;. The molecule has 0 aliphatic carbocycles. The third-order valence-corrected chi connectivity index (χ3v) is 9.05. The van der Waals surface area contributed by atoms with Crippen molar-refractivity contribution in [1.82, 2.24) is 0 Å². The molecule has 0 aromatic heterocycles. The first kappa shape index (κ1) is 19.1. The lowest BCUT2D eigenvalue weighted by Gasteiger charge is -2.29. The van der Waals surface area contributed by atoms with Crippen molar-refractivity contribution in [3.05, 3.63) is 91.0 Å². The zero-order chi connectivity index (χ0) is 16.1. The van der Waals surface area contributed by atoms with Crippen LogP contribution < -0.4 is 15.9 Å². The average Bonchev–Trinajstić information content (AvgIpc) is 2.62. The Hall–Kier alpha value is -1.18. The van der Waals surface area contributed by atoms with Crippen molar-refractivity contribution in [3.8, 4) is 0 Å². The molecule has 0 aliphatic heterocycles. The highest BCUT2D eigenvalue weighted by Crippen LogP contribution is 2.56. The van der Waals surface area contributed by atoms with Crippen LogP contribution in [0.3, 0.4) is 0 Å². The highest BCUT2D eigenvalue weighted by Gasteiger charge is 2.45. The predicted octanol–water partition coefficient (Wildman–Crippen LogP) is 5.25. The van der Waals surface area contributed by atoms with Gasteiger partial charge in [-0.15, -0.1) is 24.0 Å². The smallest absolute Gasteiger partial charge is 0.107 e. The minimum atomic E-state index is -1.61. The molecule has 0 saturated heterocycles. The molecule has 0 unspecified atom stereocenters. The summed E-state index contributed by atoms with van der Waals surface area (Å²) in [5.41, 5.74) is 0. The first-order valence-corrected chi connectivity index (χ1v) is 10.3. The van der Waals surface area contributed by atoms with E-state index in [4.69, 9.17) is 0 Å². The molecule has 0 spiro atoms. The molecule has 24 heavy (non-hydrogen) atoms. The van der Waals surface area contributed by atoms with E-state index in [9.17, 15) is 0 Å². The molecule has 124 valence electrons. The van der Waals surface area contributed by atoms with Crippen molar-refractivity contribution in [2.45, 2.75) is 13.8 Å². The van der Waals surface area contributed by atoms with Gasteiger partial charge >= 0.3 is 0 Å². The lowest BCUT2D eigenvalue weighted by Crippen LogP contribution is -2.34. The second kappa shape index (κ2) is 8.78. The Bertz CT molecular complexity index is 627. The number of hydrogen-bond acceptors (Lipinski definition) is 0. The van der Waals surface area contributed by atoms with Crippen molar-refractivity contribution in [3.63, 3.8) is 0 Å². The van der Waals surface area contributed by atoms with Crippen LogP contribution in [-0.2, 0) is 0 Å². The summed E-state index contributed by atoms with van der Waals surface area (Å²) in [6.07, 6.45) is 1.20. The van der Waals surface area contributed by atoms with E-state index in [-0.39, 0.29) is 24.0 Å². The fourth-order valence-corrected chi connectivity index (χ4v) is 8.02. The van der Waals surface area contributed by atoms with Crippen LogP contribution in [0.4, 0.5) is 0 Å². The lowest BCUT2D eigenvalue weighted by molar-refractivity contribution is 0.745. The van der Waals surface area contributed by atoms with Crippen LogP contribution in [0.2, 0.25) is 0 Å². The van der Waals surface area contributed by atoms with Crippen molar-refractivity contribution >= 4 is 47.2 Å². The molecule has 0 N–H and O–H groups in total. The first-order chi connectivity index (χ1) is 11.2. The molecule has 3 aromatic carbocycles. The molecule has 0 saturated carbocycles. The Balaban J connectivity index is 0.00000208. The zero-order valence-corrected chi connectivity index (χ0v) is 17.5. The molecule has 0 bridgehead atoms. The van der Waals surface area contributed by atoms with Gasteiger partial charge in [-0.3, -0.25) is 0 Å². The van der Waals surface area contributed by atoms with Gasteiger partial charge in [-0.1, -0.05) is 68.4 Å². The third kappa shape index (κ3) is 3.90. The van der Waals surface area contributed by atoms with Crippen LogP contribution in [0.5, 0.6) is 0 Å². The van der Waals surface area contributed by atoms with Crippen LogP contribution in [0.1, 0.15) is 13.8 Å². The van der Waals surface area contributed by atoms with Gasteiger partial charge in [-0.2, -0.15) is 0 Å². The van der Waals surface area contributed by atoms with E-state index in [0.717, 1.165) is 0 Å². The molecule has 3 rings (SSSR count). The second-order valence-corrected chi connectivity index (χ2v) is 9.93. The number of benzene rings is 3. The summed E-state index contributed by atoms with van der Waals surface area (Å²) < 4.78 is 0. The normalized spacial score (nSPS) is 11.1. The van der Waals surface area contributed by atoms with Gasteiger partial charge in [0.05, 0.1) is 6.16 Å². The van der Waals surface area contributed by atoms with E-state index in [1.54, 1.807) is 0 Å². The fraction of sp³-hybridized carbons (Fsp3) is 0.182. The largest absolute Gasteiger partial charge is 0.112 e. The highest BCUT2D eigenvalue weighted by atomic mass is 127. The molecule has 3 aromatic rings. The van der Waals surface area contributed by atoms with Gasteiger partial charge in [-0.25, -0.2) is 0 Å². The molecule has 0 aliphatic rings. The van der Waals surface area contributed by atoms with Gasteiger partial charge in [-0.05, 0) is 42.3 Å². The van der Waals surface area contributed by atoms with Crippen molar-refractivity contribution < 1.29 is 0 Å². The maximum Gasteiger partial charge on any atom is 0.112 e. The second-order valence-electron chi connectivity index (χ2n) is 6.39. The molecule has 0 heterocycles. The molecular weight excluding hydrogens is 422 g/mol. The van der Waals surface area contributed by atoms with Crippen LogP contribution >= 0.6 is 31.2 Å². The summed E-state index contributed by atoms with van der Waals surface area (Å²) >= 11 is 0. The van der Waals surface area contributed by atoms with E-state index in [0.29, 0.717) is 5.92 Å². The Morgan fingerprint density at radius 1 is 0.583 bits per heavy atom. The fourth-order valence-electron chi connectivity index (χ4n) is 3.36. The molecule has 0 amide bonds. The van der Waals surface area contributed by atoms with Crippen molar-refractivity contribution in [2.24, 2.45) is 5.92 Å². The topological polar surface area (TPSA) is 0 Å². The summed E-state index contributed by atoms with van der Waals surface area (Å²) in [4.78, 5) is 0. The Morgan fingerprint density at radius 2 is 0.875 bits per heavy atom. The molecular formula is C22H25IP+. The van der Waals surface area contributed by atoms with Gasteiger partial charge < -0.3 is 0 Å². The van der Waals surface area contributed by atoms with E-state index >= 15 is 0 Å². The summed E-state index contributed by atoms with van der Waals surface area (Å²) in [6.45, 7) is 4.67. The molecule has 2 heteroatoms. The quantitative estimate of drug-likeness (QED) is 0.370. The maximum atomic E-state index is 2.34. The van der Waals surface area contributed by atoms with E-state index < -0.39 is 7.26 Å². The monoisotopic (exact) mass is 447 g/mol. The number of rotatable bonds is 5. The first-order valence-electron chi connectivity index (χ1n) is 8.28. The van der Waals surface area contributed by atoms with Crippen molar-refractivity contribution in [1.29, 1.82) is 0 Å².